The number of fused-ring (bicyclic) bond motifs is 1. The van der Waals surface area contributed by atoms with Gasteiger partial charge in [-0.1, -0.05) is 17.7 Å². The van der Waals surface area contributed by atoms with Crippen LogP contribution >= 0.6 is 45.8 Å². The molecule has 1 aromatic heterocycles. The highest BCUT2D eigenvalue weighted by molar-refractivity contribution is 14.1. The average molecular weight is 421 g/mol. The molecular weight excluding hydrogens is 413 g/mol. The van der Waals surface area contributed by atoms with Gasteiger partial charge in [-0.3, -0.25) is 4.57 Å². The zero-order chi connectivity index (χ0) is 14.3. The van der Waals surface area contributed by atoms with E-state index in [0.29, 0.717) is 11.3 Å². The Morgan fingerprint density at radius 3 is 2.75 bits per heavy atom. The first-order chi connectivity index (χ1) is 9.60. The normalized spacial score (nSPS) is 11.2. The molecule has 0 saturated carbocycles. The van der Waals surface area contributed by atoms with Crippen molar-refractivity contribution in [2.75, 3.05) is 0 Å². The second kappa shape index (κ2) is 5.50. The summed E-state index contributed by atoms with van der Waals surface area (Å²) in [6.07, 6.45) is 0. The van der Waals surface area contributed by atoms with Crippen LogP contribution in [0.4, 0.5) is 4.39 Å². The summed E-state index contributed by atoms with van der Waals surface area (Å²) in [5.41, 5.74) is 2.22. The summed E-state index contributed by atoms with van der Waals surface area (Å²) in [5.74, 6) is 0.414. The highest BCUT2D eigenvalue weighted by Gasteiger charge is 2.14. The number of nitrogens with zero attached hydrogens (tertiary/aromatic N) is 2. The molecule has 2 nitrogen and oxygen atoms in total. The van der Waals surface area contributed by atoms with E-state index in [1.807, 2.05) is 28.8 Å². The Bertz CT molecular complexity index is 801. The number of hydrogen-bond donors (Lipinski definition) is 0. The lowest BCUT2D eigenvalue weighted by Crippen LogP contribution is -1.99. The number of imidazole rings is 1. The van der Waals surface area contributed by atoms with Gasteiger partial charge in [-0.15, -0.1) is 11.6 Å². The van der Waals surface area contributed by atoms with E-state index < -0.39 is 5.82 Å². The molecular formula is C14H8Cl2FIN2. The molecule has 20 heavy (non-hydrogen) atoms. The third-order valence-electron chi connectivity index (χ3n) is 2.95. The standard InChI is InChI=1S/C14H8Cl2FIN2/c15-7-14-19-12-6-11(17)10(16)5-13(12)20(14)9-3-1-2-8(18)4-9/h1-6H,7H2. The summed E-state index contributed by atoms with van der Waals surface area (Å²) in [7, 11) is 0. The van der Waals surface area contributed by atoms with Crippen LogP contribution in [0.3, 0.4) is 0 Å². The Kier molecular flexibility index (Phi) is 3.88. The molecule has 0 aliphatic carbocycles. The van der Waals surface area contributed by atoms with Crippen molar-refractivity contribution in [2.24, 2.45) is 0 Å². The van der Waals surface area contributed by atoms with E-state index >= 15 is 0 Å². The molecule has 6 heteroatoms. The number of aromatic nitrogens is 2. The highest BCUT2D eigenvalue weighted by atomic mass is 127. The van der Waals surface area contributed by atoms with Crippen LogP contribution in [0.15, 0.2) is 36.4 Å². The van der Waals surface area contributed by atoms with Crippen molar-refractivity contribution in [2.45, 2.75) is 5.88 Å². The maximum absolute atomic E-state index is 13.5. The lowest BCUT2D eigenvalue weighted by Gasteiger charge is -2.08. The van der Waals surface area contributed by atoms with Crippen LogP contribution in [0, 0.1) is 9.39 Å². The molecule has 0 spiro atoms. The quantitative estimate of drug-likeness (QED) is 0.413. The summed E-state index contributed by atoms with van der Waals surface area (Å²) >= 11 is 14.1. The highest BCUT2D eigenvalue weighted by Crippen LogP contribution is 2.27. The predicted molar refractivity (Wildman–Crippen MR) is 88.3 cm³/mol. The van der Waals surface area contributed by atoms with Gasteiger partial charge in [0.15, 0.2) is 0 Å². The number of rotatable bonds is 2. The van der Waals surface area contributed by atoms with E-state index in [1.54, 1.807) is 6.07 Å². The Hall–Kier alpha value is -0.850. The van der Waals surface area contributed by atoms with Gasteiger partial charge >= 0.3 is 0 Å². The Morgan fingerprint density at radius 2 is 2.05 bits per heavy atom. The predicted octanol–water partition coefficient (Wildman–Crippen LogP) is 5.16. The fraction of sp³-hybridized carbons (Fsp3) is 0.0714. The molecule has 0 radical (unpaired) electrons. The number of benzene rings is 2. The Balaban J connectivity index is 2.35. The molecule has 0 aliphatic heterocycles. The van der Waals surface area contributed by atoms with E-state index in [9.17, 15) is 4.39 Å². The molecule has 0 bridgehead atoms. The molecule has 3 rings (SSSR count). The van der Waals surface area contributed by atoms with Crippen molar-refractivity contribution >= 4 is 56.8 Å². The first kappa shape index (κ1) is 14.1. The van der Waals surface area contributed by atoms with Crippen LogP contribution in [-0.4, -0.2) is 9.55 Å². The second-order valence-corrected chi connectivity index (χ2v) is 6.15. The average Bonchev–Trinajstić information content (AvgIpc) is 2.77. The third-order valence-corrected chi connectivity index (χ3v) is 4.15. The van der Waals surface area contributed by atoms with Crippen LogP contribution in [0.2, 0.25) is 5.02 Å². The van der Waals surface area contributed by atoms with Gasteiger partial charge in [-0.25, -0.2) is 9.37 Å². The van der Waals surface area contributed by atoms with E-state index in [1.165, 1.54) is 6.07 Å². The minimum Gasteiger partial charge on any atom is -0.295 e. The third kappa shape index (κ3) is 2.40. The lowest BCUT2D eigenvalue weighted by molar-refractivity contribution is 0.630. The summed E-state index contributed by atoms with van der Waals surface area (Å²) in [6.45, 7) is 0. The minimum absolute atomic E-state index is 0.0744. The van der Waals surface area contributed by atoms with Crippen molar-refractivity contribution in [3.63, 3.8) is 0 Å². The fourth-order valence-electron chi connectivity index (χ4n) is 2.12. The monoisotopic (exact) mass is 420 g/mol. The van der Waals surface area contributed by atoms with Crippen molar-refractivity contribution in [1.29, 1.82) is 0 Å². The van der Waals surface area contributed by atoms with Crippen LogP contribution in [-0.2, 0) is 5.88 Å². The van der Waals surface area contributed by atoms with Gasteiger partial charge in [0.05, 0.1) is 21.9 Å². The molecule has 0 aliphatic rings. The molecule has 1 heterocycles. The van der Waals surface area contributed by atoms with Gasteiger partial charge in [0.1, 0.15) is 11.6 Å². The van der Waals surface area contributed by atoms with Crippen LogP contribution < -0.4 is 0 Å². The summed E-state index contributed by atoms with van der Waals surface area (Å²) in [5, 5.41) is 0.0744. The summed E-state index contributed by atoms with van der Waals surface area (Å²) < 4.78 is 16.5. The number of alkyl halides is 1. The Labute approximate surface area is 138 Å². The molecule has 0 N–H and O–H groups in total. The van der Waals surface area contributed by atoms with E-state index in [4.69, 9.17) is 23.2 Å². The summed E-state index contributed by atoms with van der Waals surface area (Å²) in [6, 6.07) is 10.8. The molecule has 102 valence electrons. The maximum atomic E-state index is 13.5. The van der Waals surface area contributed by atoms with Crippen molar-refractivity contribution in [1.82, 2.24) is 9.55 Å². The van der Waals surface area contributed by atoms with Crippen molar-refractivity contribution in [3.05, 3.63) is 56.6 Å². The zero-order valence-electron chi connectivity index (χ0n) is 10.1. The van der Waals surface area contributed by atoms with Gasteiger partial charge in [0, 0.05) is 15.3 Å². The second-order valence-electron chi connectivity index (χ2n) is 4.23. The smallest absolute Gasteiger partial charge is 0.144 e. The number of hydrogen-bond acceptors (Lipinski definition) is 1. The van der Waals surface area contributed by atoms with Gasteiger partial charge in [0.2, 0.25) is 0 Å². The van der Waals surface area contributed by atoms with E-state index in [2.05, 4.69) is 27.6 Å². The molecule has 0 unspecified atom stereocenters. The molecule has 0 atom stereocenters. The molecule has 0 saturated heterocycles. The van der Waals surface area contributed by atoms with Gasteiger partial charge in [-0.05, 0) is 46.9 Å². The van der Waals surface area contributed by atoms with Crippen LogP contribution in [0.5, 0.6) is 0 Å². The van der Waals surface area contributed by atoms with Gasteiger partial charge in [-0.2, -0.15) is 0 Å². The zero-order valence-corrected chi connectivity index (χ0v) is 13.7. The first-order valence-electron chi connectivity index (χ1n) is 5.78. The van der Waals surface area contributed by atoms with Crippen molar-refractivity contribution < 1.29 is 4.39 Å². The lowest BCUT2D eigenvalue weighted by atomic mass is 10.2. The van der Waals surface area contributed by atoms with Crippen LogP contribution in [0.25, 0.3) is 16.7 Å². The fourth-order valence-corrected chi connectivity index (χ4v) is 2.98. The SMILES string of the molecule is Fc1cc2nc(CCl)n(-c3cccc(I)c3)c2cc1Cl. The Morgan fingerprint density at radius 1 is 1.25 bits per heavy atom. The van der Waals surface area contributed by atoms with Crippen LogP contribution in [0.1, 0.15) is 5.82 Å². The molecule has 2 aromatic carbocycles. The maximum Gasteiger partial charge on any atom is 0.144 e. The molecule has 0 amide bonds. The number of halogens is 4. The van der Waals surface area contributed by atoms with E-state index in [-0.39, 0.29) is 10.9 Å². The van der Waals surface area contributed by atoms with Gasteiger partial charge in [0.25, 0.3) is 0 Å². The topological polar surface area (TPSA) is 17.8 Å². The first-order valence-corrected chi connectivity index (χ1v) is 7.77. The van der Waals surface area contributed by atoms with Gasteiger partial charge < -0.3 is 0 Å². The summed E-state index contributed by atoms with van der Waals surface area (Å²) in [4.78, 5) is 4.37. The largest absolute Gasteiger partial charge is 0.295 e. The molecule has 3 aromatic rings. The minimum atomic E-state index is -0.479. The van der Waals surface area contributed by atoms with Crippen molar-refractivity contribution in [3.8, 4) is 5.69 Å². The molecule has 0 fully saturated rings. The van der Waals surface area contributed by atoms with E-state index in [0.717, 1.165) is 14.8 Å².